The molecule has 3 heterocycles. The average molecular weight is 596 g/mol. The molecule has 0 spiro atoms. The van der Waals surface area contributed by atoms with Crippen LogP contribution in [0.3, 0.4) is 0 Å². The van der Waals surface area contributed by atoms with Gasteiger partial charge in [-0.15, -0.1) is 0 Å². The maximum atomic E-state index is 13.6. The summed E-state index contributed by atoms with van der Waals surface area (Å²) in [5.74, 6) is -3.79. The van der Waals surface area contributed by atoms with Gasteiger partial charge < -0.3 is 15.0 Å². The van der Waals surface area contributed by atoms with Crippen LogP contribution >= 0.6 is 23.2 Å². The predicted octanol–water partition coefficient (Wildman–Crippen LogP) is 5.16. The van der Waals surface area contributed by atoms with Crippen LogP contribution in [-0.2, 0) is 11.3 Å². The highest BCUT2D eigenvalue weighted by molar-refractivity contribution is 6.39. The normalized spacial score (nSPS) is 21.6. The van der Waals surface area contributed by atoms with Gasteiger partial charge in [-0.05, 0) is 38.2 Å². The molecule has 1 aromatic carbocycles. The fraction of sp³-hybridized carbons (Fsp3) is 0.552. The molecule has 3 aliphatic rings. The number of hydrogen-bond donors (Lipinski definition) is 0. The Morgan fingerprint density at radius 1 is 1.02 bits per heavy atom. The van der Waals surface area contributed by atoms with Gasteiger partial charge in [-0.1, -0.05) is 53.5 Å². The molecule has 11 heteroatoms. The first kappa shape index (κ1) is 29.0. The Morgan fingerprint density at radius 2 is 1.60 bits per heavy atom. The Labute approximate surface area is 243 Å². The van der Waals surface area contributed by atoms with Crippen molar-refractivity contribution < 1.29 is 23.1 Å². The first-order valence-corrected chi connectivity index (χ1v) is 14.6. The second-order valence-corrected chi connectivity index (χ2v) is 12.4. The van der Waals surface area contributed by atoms with Crippen molar-refractivity contribution in [2.75, 3.05) is 26.2 Å². The first-order valence-electron chi connectivity index (χ1n) is 13.8. The number of nitrogens with zero attached hydrogens (tertiary/aromatic N) is 4. The molecule has 0 radical (unpaired) electrons. The number of amides is 2. The topological polar surface area (TPSA) is 70.8 Å². The SMILES string of the molecule is CC1(N2CCC(N(Cc3ccccc3)C(=O)C3CC(F)(F)C3)CC2)CCN(C(=O)c2c(Cl)c[n+]([O-])cc2Cl)CC1. The van der Waals surface area contributed by atoms with E-state index in [-0.39, 0.29) is 51.8 Å². The highest BCUT2D eigenvalue weighted by atomic mass is 35.5. The minimum absolute atomic E-state index is 0.00501. The number of halogens is 4. The highest BCUT2D eigenvalue weighted by Crippen LogP contribution is 2.44. The van der Waals surface area contributed by atoms with E-state index in [0.29, 0.717) is 24.4 Å². The number of likely N-dealkylation sites (tertiary alicyclic amines) is 2. The molecule has 216 valence electrons. The maximum absolute atomic E-state index is 13.6. The minimum atomic E-state index is -2.73. The summed E-state index contributed by atoms with van der Waals surface area (Å²) in [5, 5.41) is 11.6. The molecule has 2 amide bonds. The van der Waals surface area contributed by atoms with Gasteiger partial charge in [0.15, 0.2) is 12.4 Å². The van der Waals surface area contributed by atoms with Crippen LogP contribution in [0.4, 0.5) is 8.78 Å². The van der Waals surface area contributed by atoms with Crippen LogP contribution in [0.15, 0.2) is 42.7 Å². The quantitative estimate of drug-likeness (QED) is 0.342. The van der Waals surface area contributed by atoms with E-state index in [1.165, 1.54) is 0 Å². The molecule has 0 N–H and O–H groups in total. The molecule has 7 nitrogen and oxygen atoms in total. The van der Waals surface area contributed by atoms with E-state index in [1.807, 2.05) is 35.2 Å². The smallest absolute Gasteiger partial charge is 0.257 e. The number of rotatable bonds is 6. The number of alkyl halides is 2. The van der Waals surface area contributed by atoms with Crippen molar-refractivity contribution in [2.24, 2.45) is 5.92 Å². The van der Waals surface area contributed by atoms with E-state index in [9.17, 15) is 23.6 Å². The van der Waals surface area contributed by atoms with Gasteiger partial charge in [0.05, 0.1) is 5.56 Å². The fourth-order valence-corrected chi connectivity index (χ4v) is 6.93. The number of hydrogen-bond acceptors (Lipinski definition) is 4. The van der Waals surface area contributed by atoms with Gasteiger partial charge in [-0.2, -0.15) is 4.73 Å². The van der Waals surface area contributed by atoms with Crippen LogP contribution in [0.1, 0.15) is 61.4 Å². The predicted molar refractivity (Wildman–Crippen MR) is 148 cm³/mol. The molecule has 1 saturated carbocycles. The summed E-state index contributed by atoms with van der Waals surface area (Å²) in [6, 6.07) is 9.70. The summed E-state index contributed by atoms with van der Waals surface area (Å²) in [7, 11) is 0. The summed E-state index contributed by atoms with van der Waals surface area (Å²) >= 11 is 12.3. The van der Waals surface area contributed by atoms with Crippen LogP contribution in [0.5, 0.6) is 0 Å². The lowest BCUT2D eigenvalue weighted by molar-refractivity contribution is -0.605. The summed E-state index contributed by atoms with van der Waals surface area (Å²) in [5.41, 5.74) is 1.03. The van der Waals surface area contributed by atoms with Gasteiger partial charge in [0, 0.05) is 63.1 Å². The van der Waals surface area contributed by atoms with Crippen LogP contribution < -0.4 is 4.73 Å². The van der Waals surface area contributed by atoms with Crippen molar-refractivity contribution >= 4 is 35.0 Å². The zero-order chi connectivity index (χ0) is 28.7. The van der Waals surface area contributed by atoms with E-state index < -0.39 is 11.8 Å². The monoisotopic (exact) mass is 594 g/mol. The fourth-order valence-electron chi connectivity index (χ4n) is 6.33. The van der Waals surface area contributed by atoms with Gasteiger partial charge >= 0.3 is 0 Å². The van der Waals surface area contributed by atoms with Gasteiger partial charge in [0.1, 0.15) is 10.0 Å². The van der Waals surface area contributed by atoms with Crippen LogP contribution in [-0.4, -0.2) is 70.2 Å². The van der Waals surface area contributed by atoms with Crippen molar-refractivity contribution in [3.05, 3.63) is 69.1 Å². The molecule has 0 atom stereocenters. The molecule has 0 unspecified atom stereocenters. The molecule has 2 aromatic rings. The molecule has 0 bridgehead atoms. The zero-order valence-corrected chi connectivity index (χ0v) is 24.0. The van der Waals surface area contributed by atoms with Gasteiger partial charge in [0.2, 0.25) is 11.8 Å². The number of carbonyl (C=O) groups is 2. The summed E-state index contributed by atoms with van der Waals surface area (Å²) in [6.07, 6.45) is 4.59. The van der Waals surface area contributed by atoms with Crippen LogP contribution in [0, 0.1) is 11.1 Å². The molecule has 3 fully saturated rings. The Kier molecular flexibility index (Phi) is 8.28. The van der Waals surface area contributed by atoms with Crippen molar-refractivity contribution in [3.63, 3.8) is 0 Å². The van der Waals surface area contributed by atoms with Crippen LogP contribution in [0.2, 0.25) is 10.0 Å². The van der Waals surface area contributed by atoms with Gasteiger partial charge in [0.25, 0.3) is 5.91 Å². The van der Waals surface area contributed by atoms with E-state index in [0.717, 1.165) is 56.7 Å². The highest BCUT2D eigenvalue weighted by Gasteiger charge is 2.50. The molecule has 2 saturated heterocycles. The summed E-state index contributed by atoms with van der Waals surface area (Å²) < 4.78 is 27.6. The lowest BCUT2D eigenvalue weighted by Gasteiger charge is -2.50. The lowest BCUT2D eigenvalue weighted by Crippen LogP contribution is -2.59. The Morgan fingerprint density at radius 3 is 2.15 bits per heavy atom. The zero-order valence-electron chi connectivity index (χ0n) is 22.5. The van der Waals surface area contributed by atoms with Crippen LogP contribution in [0.25, 0.3) is 0 Å². The van der Waals surface area contributed by atoms with E-state index in [4.69, 9.17) is 23.2 Å². The average Bonchev–Trinajstić information content (AvgIpc) is 2.90. The molecular formula is C29H34Cl2F2N4O3. The second-order valence-electron chi connectivity index (χ2n) is 11.6. The lowest BCUT2D eigenvalue weighted by atomic mass is 9.79. The van der Waals surface area contributed by atoms with Crippen molar-refractivity contribution in [3.8, 4) is 0 Å². The molecular weight excluding hydrogens is 561 g/mol. The largest absolute Gasteiger partial charge is 0.619 e. The minimum Gasteiger partial charge on any atom is -0.619 e. The molecule has 1 aromatic heterocycles. The van der Waals surface area contributed by atoms with Crippen molar-refractivity contribution in [2.45, 2.75) is 69.5 Å². The molecule has 1 aliphatic carbocycles. The maximum Gasteiger partial charge on any atom is 0.257 e. The van der Waals surface area contributed by atoms with Crippen molar-refractivity contribution in [1.82, 2.24) is 14.7 Å². The number of pyridine rings is 1. The first-order chi connectivity index (χ1) is 19.0. The van der Waals surface area contributed by atoms with E-state index in [1.54, 1.807) is 4.90 Å². The Balaban J connectivity index is 1.20. The standard InChI is InChI=1S/C29H34Cl2F2N4O3/c1-28(9-13-34(14-10-28)27(39)25-23(30)18-36(40)19-24(25)31)35-11-7-22(8-12-35)37(17-20-5-3-2-4-6-20)26(38)21-15-29(32,33)16-21/h2-6,18-19,21-22H,7-17H2,1H3. The third kappa shape index (κ3) is 6.06. The Hall–Kier alpha value is -2.49. The third-order valence-electron chi connectivity index (χ3n) is 8.89. The number of aromatic nitrogens is 1. The Bertz CT molecular complexity index is 1220. The number of carbonyl (C=O) groups excluding carboxylic acids is 2. The summed E-state index contributed by atoms with van der Waals surface area (Å²) in [4.78, 5) is 32.5. The van der Waals surface area contributed by atoms with E-state index >= 15 is 0 Å². The van der Waals surface area contributed by atoms with Crippen molar-refractivity contribution in [1.29, 1.82) is 0 Å². The molecule has 2 aliphatic heterocycles. The third-order valence-corrected chi connectivity index (χ3v) is 9.46. The molecule has 40 heavy (non-hydrogen) atoms. The number of benzene rings is 1. The second kappa shape index (κ2) is 11.4. The van der Waals surface area contributed by atoms with Gasteiger partial charge in [-0.25, -0.2) is 8.78 Å². The van der Waals surface area contributed by atoms with Gasteiger partial charge in [-0.3, -0.25) is 14.5 Å². The summed E-state index contributed by atoms with van der Waals surface area (Å²) in [6.45, 7) is 5.27. The van der Waals surface area contributed by atoms with E-state index in [2.05, 4.69) is 11.8 Å². The number of piperidine rings is 2. The molecule has 5 rings (SSSR count).